The van der Waals surface area contributed by atoms with E-state index in [4.69, 9.17) is 19.3 Å². The molecule has 2 aliphatic rings. The molecule has 11 nitrogen and oxygen atoms in total. The van der Waals surface area contributed by atoms with Crippen LogP contribution in [0.4, 0.5) is 5.69 Å². The average molecular weight is 492 g/mol. The first kappa shape index (κ1) is 26.7. The van der Waals surface area contributed by atoms with E-state index in [9.17, 15) is 19.2 Å². The molecule has 2 aliphatic heterocycles. The van der Waals surface area contributed by atoms with E-state index in [2.05, 4.69) is 10.6 Å². The molecule has 3 rings (SSSR count). The van der Waals surface area contributed by atoms with Gasteiger partial charge in [-0.1, -0.05) is 6.07 Å². The van der Waals surface area contributed by atoms with Gasteiger partial charge in [-0.25, -0.2) is 0 Å². The molecule has 0 radical (unpaired) electrons. The second-order valence-electron chi connectivity index (χ2n) is 8.22. The molecule has 1 atom stereocenters. The Labute approximate surface area is 204 Å². The zero-order valence-corrected chi connectivity index (χ0v) is 19.8. The van der Waals surface area contributed by atoms with Gasteiger partial charge in [-0.3, -0.25) is 29.4 Å². The third-order valence-electron chi connectivity index (χ3n) is 5.63. The number of nitrogens with zero attached hydrogens (tertiary/aromatic N) is 1. The maximum atomic E-state index is 13.0. The Morgan fingerprint density at radius 1 is 0.914 bits per heavy atom. The summed E-state index contributed by atoms with van der Waals surface area (Å²) >= 11 is 0. The molecular weight excluding hydrogens is 458 g/mol. The molecule has 0 aliphatic carbocycles. The summed E-state index contributed by atoms with van der Waals surface area (Å²) in [6, 6.07) is 3.96. The Balaban J connectivity index is 1.35. The zero-order valence-electron chi connectivity index (χ0n) is 19.8. The number of fused-ring (bicyclic) bond motifs is 1. The van der Waals surface area contributed by atoms with Crippen LogP contribution in [0.15, 0.2) is 18.2 Å². The van der Waals surface area contributed by atoms with Gasteiger partial charge in [-0.15, -0.1) is 0 Å². The third-order valence-corrected chi connectivity index (χ3v) is 5.63. The lowest BCUT2D eigenvalue weighted by Gasteiger charge is -2.27. The molecule has 1 aromatic rings. The predicted octanol–water partition coefficient (Wildman–Crippen LogP) is 0.712. The van der Waals surface area contributed by atoms with Crippen molar-refractivity contribution in [2.75, 3.05) is 58.1 Å². The molecule has 3 N–H and O–H groups in total. The fraction of sp³-hybridized carbons (Fsp3) is 0.583. The summed E-state index contributed by atoms with van der Waals surface area (Å²) in [5.74, 6) is -2.11. The number of imide groups is 2. The number of carbonyl (C=O) groups excluding carboxylic acids is 4. The quantitative estimate of drug-likeness (QED) is 0.225. The van der Waals surface area contributed by atoms with Crippen molar-refractivity contribution in [3.63, 3.8) is 0 Å². The first-order chi connectivity index (χ1) is 17.0. The van der Waals surface area contributed by atoms with Crippen LogP contribution in [-0.4, -0.2) is 92.5 Å². The summed E-state index contributed by atoms with van der Waals surface area (Å²) in [6.07, 6.45) is 2.40. The van der Waals surface area contributed by atoms with Gasteiger partial charge in [0.25, 0.3) is 11.8 Å². The van der Waals surface area contributed by atoms with Crippen molar-refractivity contribution in [1.29, 1.82) is 0 Å². The van der Waals surface area contributed by atoms with E-state index in [1.165, 1.54) is 0 Å². The molecule has 0 aromatic heterocycles. The number of carbonyl (C=O) groups is 4. The van der Waals surface area contributed by atoms with E-state index in [-0.39, 0.29) is 30.6 Å². The molecule has 11 heteroatoms. The number of rotatable bonds is 16. The van der Waals surface area contributed by atoms with Gasteiger partial charge >= 0.3 is 0 Å². The average Bonchev–Trinajstić information content (AvgIpc) is 3.10. The molecular formula is C24H33N3O8. The van der Waals surface area contributed by atoms with E-state index in [0.29, 0.717) is 58.3 Å². The van der Waals surface area contributed by atoms with E-state index in [1.807, 2.05) is 0 Å². The monoisotopic (exact) mass is 491 g/mol. The smallest absolute Gasteiger partial charge is 0.264 e. The first-order valence-electron chi connectivity index (χ1n) is 12.0. The van der Waals surface area contributed by atoms with Crippen molar-refractivity contribution in [3.05, 3.63) is 29.3 Å². The topological polar surface area (TPSA) is 144 Å². The summed E-state index contributed by atoms with van der Waals surface area (Å²) in [5.41, 5.74) is 0.973. The normalized spacial score (nSPS) is 17.6. The van der Waals surface area contributed by atoms with Gasteiger partial charge in [0.05, 0.1) is 17.7 Å². The van der Waals surface area contributed by atoms with Crippen LogP contribution in [0.3, 0.4) is 0 Å². The molecule has 0 saturated carbocycles. The molecule has 0 bridgehead atoms. The summed E-state index contributed by atoms with van der Waals surface area (Å²) < 4.78 is 16.4. The van der Waals surface area contributed by atoms with Gasteiger partial charge in [0.2, 0.25) is 11.8 Å². The van der Waals surface area contributed by atoms with Crippen LogP contribution in [-0.2, 0) is 23.8 Å². The van der Waals surface area contributed by atoms with Gasteiger partial charge in [0.1, 0.15) is 6.04 Å². The van der Waals surface area contributed by atoms with Crippen LogP contribution >= 0.6 is 0 Å². The molecule has 2 heterocycles. The third kappa shape index (κ3) is 7.31. The highest BCUT2D eigenvalue weighted by molar-refractivity contribution is 6.25. The van der Waals surface area contributed by atoms with Gasteiger partial charge in [0.15, 0.2) is 0 Å². The summed E-state index contributed by atoms with van der Waals surface area (Å²) in [5, 5.41) is 14.0. The standard InChI is InChI=1S/C24H33N3O8/c28-10-2-11-33-12-3-13-34-14-4-15-35-16-9-25-18-6-1-5-17-21(18)24(32)27(23(17)31)19-7-8-20(29)26-22(19)30/h1,5-6,19,25,28H,2-4,7-16H2,(H,26,29,30). The molecule has 35 heavy (non-hydrogen) atoms. The summed E-state index contributed by atoms with van der Waals surface area (Å²) in [7, 11) is 0. The predicted molar refractivity (Wildman–Crippen MR) is 125 cm³/mol. The van der Waals surface area contributed by atoms with Crippen molar-refractivity contribution in [3.8, 4) is 0 Å². The fourth-order valence-electron chi connectivity index (χ4n) is 3.92. The SMILES string of the molecule is O=C1CCC(N2C(=O)c3cccc(NCCOCCCOCCCOCCCO)c3C2=O)C(=O)N1. The lowest BCUT2D eigenvalue weighted by molar-refractivity contribution is -0.136. The highest BCUT2D eigenvalue weighted by Gasteiger charge is 2.45. The molecule has 1 aromatic carbocycles. The fourth-order valence-corrected chi connectivity index (χ4v) is 3.92. The second kappa shape index (κ2) is 13.9. The lowest BCUT2D eigenvalue weighted by atomic mass is 10.0. The summed E-state index contributed by atoms with van der Waals surface area (Å²) in [4.78, 5) is 50.5. The van der Waals surface area contributed by atoms with Crippen molar-refractivity contribution in [2.45, 2.75) is 38.1 Å². The van der Waals surface area contributed by atoms with Gasteiger partial charge in [-0.2, -0.15) is 0 Å². The number of hydrogen-bond donors (Lipinski definition) is 3. The Morgan fingerprint density at radius 2 is 1.57 bits per heavy atom. The molecule has 1 saturated heterocycles. The van der Waals surface area contributed by atoms with Crippen LogP contribution in [0.5, 0.6) is 0 Å². The minimum Gasteiger partial charge on any atom is -0.396 e. The minimum atomic E-state index is -0.989. The van der Waals surface area contributed by atoms with Crippen LogP contribution in [0.25, 0.3) is 0 Å². The molecule has 0 spiro atoms. The van der Waals surface area contributed by atoms with E-state index >= 15 is 0 Å². The van der Waals surface area contributed by atoms with E-state index in [1.54, 1.807) is 18.2 Å². The number of benzene rings is 1. The zero-order chi connectivity index (χ0) is 25.0. The highest BCUT2D eigenvalue weighted by atomic mass is 16.5. The summed E-state index contributed by atoms with van der Waals surface area (Å²) in [6.45, 7) is 3.88. The van der Waals surface area contributed by atoms with Crippen LogP contribution < -0.4 is 10.6 Å². The Hall–Kier alpha value is -2.86. The van der Waals surface area contributed by atoms with Crippen LogP contribution in [0.2, 0.25) is 0 Å². The number of aliphatic hydroxyl groups excluding tert-OH is 1. The Bertz CT molecular complexity index is 907. The Morgan fingerprint density at radius 3 is 2.23 bits per heavy atom. The number of ether oxygens (including phenoxy) is 3. The maximum absolute atomic E-state index is 13.0. The van der Waals surface area contributed by atoms with Gasteiger partial charge in [-0.05, 0) is 37.8 Å². The van der Waals surface area contributed by atoms with Crippen molar-refractivity contribution in [1.82, 2.24) is 10.2 Å². The van der Waals surface area contributed by atoms with Gasteiger partial charge in [0, 0.05) is 58.3 Å². The molecule has 1 unspecified atom stereocenters. The highest BCUT2D eigenvalue weighted by Crippen LogP contribution is 2.32. The van der Waals surface area contributed by atoms with Crippen molar-refractivity contribution in [2.24, 2.45) is 0 Å². The maximum Gasteiger partial charge on any atom is 0.264 e. The van der Waals surface area contributed by atoms with E-state index in [0.717, 1.165) is 17.7 Å². The number of anilines is 1. The van der Waals surface area contributed by atoms with Crippen LogP contribution in [0.1, 0.15) is 52.8 Å². The largest absolute Gasteiger partial charge is 0.396 e. The van der Waals surface area contributed by atoms with Crippen molar-refractivity contribution >= 4 is 29.3 Å². The van der Waals surface area contributed by atoms with Crippen LogP contribution in [0, 0.1) is 0 Å². The number of amides is 4. The molecule has 4 amide bonds. The number of piperidine rings is 1. The molecule has 1 fully saturated rings. The Kier molecular flexibility index (Phi) is 10.6. The van der Waals surface area contributed by atoms with E-state index < -0.39 is 29.7 Å². The minimum absolute atomic E-state index is 0.0805. The lowest BCUT2D eigenvalue weighted by Crippen LogP contribution is -2.54. The first-order valence-corrected chi connectivity index (χ1v) is 12.0. The number of hydrogen-bond acceptors (Lipinski definition) is 9. The number of nitrogens with one attached hydrogen (secondary N) is 2. The molecule has 192 valence electrons. The van der Waals surface area contributed by atoms with Gasteiger partial charge < -0.3 is 24.6 Å². The second-order valence-corrected chi connectivity index (χ2v) is 8.22. The number of aliphatic hydroxyl groups is 1. The van der Waals surface area contributed by atoms with Crippen molar-refractivity contribution < 1.29 is 38.5 Å².